The molecule has 298 valence electrons. The van der Waals surface area contributed by atoms with Gasteiger partial charge in [-0.3, -0.25) is 24.0 Å². The zero-order valence-corrected chi connectivity index (χ0v) is 32.5. The standard InChI is InChI=1S/C39H53N7O8S/c1-21(2)16-30(43-35(49)29(42-34(48)27(40)20-55)18-24-19-41-28-9-6-5-8-26(24)28)38(52)46-15-7-10-32(46)36(50)45-33(22(3)4)37(51)44-31(39(53)54)17-23-11-13-25(47)14-12-23/h5-6,8-9,11-14,19,21-22,27,29-33,41,47,55H,7,10,15-18,20,40H2,1-4H3,(H,42,48)(H,43,49)(H,44,51)(H,45,50)(H,53,54)/t27-,29-,30-,31-,32-,33-/m0/s1. The Kier molecular flexibility index (Phi) is 15.1. The molecule has 0 radical (unpaired) electrons. The van der Waals surface area contributed by atoms with E-state index in [0.717, 1.165) is 16.5 Å². The number of rotatable bonds is 18. The van der Waals surface area contributed by atoms with Crippen LogP contribution >= 0.6 is 12.6 Å². The van der Waals surface area contributed by atoms with Gasteiger partial charge in [0.1, 0.15) is 36.0 Å². The van der Waals surface area contributed by atoms with Crippen LogP contribution in [0.3, 0.4) is 0 Å². The number of benzene rings is 2. The molecule has 0 spiro atoms. The first-order valence-corrected chi connectivity index (χ1v) is 19.2. The summed E-state index contributed by atoms with van der Waals surface area (Å²) in [6.07, 6.45) is 2.87. The van der Waals surface area contributed by atoms with E-state index in [4.69, 9.17) is 5.73 Å². The number of para-hydroxylation sites is 1. The summed E-state index contributed by atoms with van der Waals surface area (Å²) in [6, 6.07) is 7.01. The number of nitrogens with one attached hydrogen (secondary N) is 5. The molecule has 5 amide bonds. The fourth-order valence-corrected chi connectivity index (χ4v) is 6.84. The predicted molar refractivity (Wildman–Crippen MR) is 210 cm³/mol. The van der Waals surface area contributed by atoms with Crippen LogP contribution in [0.4, 0.5) is 0 Å². The molecule has 0 saturated carbocycles. The first kappa shape index (κ1) is 42.6. The fourth-order valence-electron chi connectivity index (χ4n) is 6.67. The Morgan fingerprint density at radius 1 is 0.873 bits per heavy atom. The summed E-state index contributed by atoms with van der Waals surface area (Å²) in [4.78, 5) is 85.1. The summed E-state index contributed by atoms with van der Waals surface area (Å²) in [5.41, 5.74) is 8.14. The molecular weight excluding hydrogens is 727 g/mol. The van der Waals surface area contributed by atoms with Crippen LogP contribution < -0.4 is 27.0 Å². The lowest BCUT2D eigenvalue weighted by atomic mass is 9.99. The number of aromatic nitrogens is 1. The maximum absolute atomic E-state index is 14.2. The largest absolute Gasteiger partial charge is 0.508 e. The maximum Gasteiger partial charge on any atom is 0.326 e. The third kappa shape index (κ3) is 11.5. The van der Waals surface area contributed by atoms with Crippen LogP contribution in [0.2, 0.25) is 0 Å². The minimum Gasteiger partial charge on any atom is -0.508 e. The Morgan fingerprint density at radius 2 is 1.53 bits per heavy atom. The van der Waals surface area contributed by atoms with Crippen LogP contribution in [0.15, 0.2) is 54.7 Å². The van der Waals surface area contributed by atoms with Gasteiger partial charge in [0.05, 0.1) is 6.04 Å². The molecule has 0 aliphatic carbocycles. The maximum atomic E-state index is 14.2. The van der Waals surface area contributed by atoms with E-state index in [1.165, 1.54) is 17.0 Å². The molecule has 1 fully saturated rings. The van der Waals surface area contributed by atoms with Crippen molar-refractivity contribution >= 4 is 59.0 Å². The molecule has 6 atom stereocenters. The molecule has 1 aliphatic rings. The van der Waals surface area contributed by atoms with E-state index >= 15 is 0 Å². The number of nitrogens with zero attached hydrogens (tertiary/aromatic N) is 1. The van der Waals surface area contributed by atoms with Crippen molar-refractivity contribution in [2.75, 3.05) is 12.3 Å². The number of carbonyl (C=O) groups is 6. The number of phenols is 1. The molecule has 1 aliphatic heterocycles. The van der Waals surface area contributed by atoms with Crippen molar-refractivity contribution in [2.45, 2.75) is 96.1 Å². The number of nitrogens with two attached hydrogens (primary N) is 1. The van der Waals surface area contributed by atoms with Crippen molar-refractivity contribution in [1.82, 2.24) is 31.2 Å². The lowest BCUT2D eigenvalue weighted by molar-refractivity contribution is -0.144. The Hall–Kier alpha value is -5.09. The highest BCUT2D eigenvalue weighted by atomic mass is 32.1. The number of carbonyl (C=O) groups excluding carboxylic acids is 5. The zero-order valence-electron chi connectivity index (χ0n) is 31.6. The Bertz CT molecular complexity index is 1830. The van der Waals surface area contributed by atoms with Crippen molar-refractivity contribution in [3.8, 4) is 5.75 Å². The van der Waals surface area contributed by atoms with Crippen LogP contribution in [-0.2, 0) is 41.6 Å². The van der Waals surface area contributed by atoms with Gasteiger partial charge in [0.25, 0.3) is 0 Å². The number of thiol groups is 1. The average Bonchev–Trinajstić information content (AvgIpc) is 3.80. The molecule has 4 rings (SSSR count). The van der Waals surface area contributed by atoms with Crippen molar-refractivity contribution in [3.05, 3.63) is 65.9 Å². The Labute approximate surface area is 326 Å². The second-order valence-corrected chi connectivity index (χ2v) is 15.2. The van der Waals surface area contributed by atoms with Gasteiger partial charge in [-0.2, -0.15) is 12.6 Å². The molecule has 16 heteroatoms. The van der Waals surface area contributed by atoms with E-state index in [9.17, 15) is 39.0 Å². The van der Waals surface area contributed by atoms with Gasteiger partial charge in [-0.25, -0.2) is 4.79 Å². The van der Waals surface area contributed by atoms with Crippen molar-refractivity contribution < 1.29 is 39.0 Å². The number of aliphatic carboxylic acids is 1. The Morgan fingerprint density at radius 3 is 2.16 bits per heavy atom. The monoisotopic (exact) mass is 779 g/mol. The normalized spacial score (nSPS) is 16.9. The van der Waals surface area contributed by atoms with Crippen molar-refractivity contribution in [3.63, 3.8) is 0 Å². The van der Waals surface area contributed by atoms with Gasteiger partial charge in [-0.05, 0) is 60.4 Å². The number of fused-ring (bicyclic) bond motifs is 1. The number of H-pyrrole nitrogens is 1. The van der Waals surface area contributed by atoms with E-state index in [1.54, 1.807) is 32.2 Å². The third-order valence-electron chi connectivity index (χ3n) is 9.66. The molecule has 2 heterocycles. The third-order valence-corrected chi connectivity index (χ3v) is 10.1. The van der Waals surface area contributed by atoms with Crippen LogP contribution in [0.1, 0.15) is 58.1 Å². The van der Waals surface area contributed by atoms with Crippen LogP contribution in [0, 0.1) is 11.8 Å². The van der Waals surface area contributed by atoms with Gasteiger partial charge >= 0.3 is 5.97 Å². The second kappa shape index (κ2) is 19.5. The molecular formula is C39H53N7O8S. The van der Waals surface area contributed by atoms with Crippen molar-refractivity contribution in [1.29, 1.82) is 0 Å². The number of carboxylic acids is 1. The van der Waals surface area contributed by atoms with E-state index in [1.807, 2.05) is 38.1 Å². The molecule has 0 unspecified atom stereocenters. The molecule has 3 aromatic rings. The van der Waals surface area contributed by atoms with Gasteiger partial charge in [-0.1, -0.05) is 58.0 Å². The fraction of sp³-hybridized carbons (Fsp3) is 0.487. The minimum absolute atomic E-state index is 0.0175. The number of carboxylic acid groups (broad SMARTS) is 1. The van der Waals surface area contributed by atoms with E-state index < -0.39 is 77.7 Å². The van der Waals surface area contributed by atoms with Crippen LogP contribution in [0.5, 0.6) is 5.75 Å². The van der Waals surface area contributed by atoms with Gasteiger partial charge in [0, 0.05) is 42.2 Å². The summed E-state index contributed by atoms with van der Waals surface area (Å²) in [7, 11) is 0. The first-order chi connectivity index (χ1) is 26.1. The molecule has 55 heavy (non-hydrogen) atoms. The van der Waals surface area contributed by atoms with E-state index in [0.29, 0.717) is 18.4 Å². The van der Waals surface area contributed by atoms with E-state index in [-0.39, 0.29) is 43.2 Å². The SMILES string of the molecule is CC(C)C[C@H](NC(=O)[C@H](Cc1c[nH]c2ccccc12)NC(=O)[C@@H](N)CS)C(=O)N1CCC[C@H]1C(=O)N[C@H](C(=O)N[C@@H](Cc1ccc(O)cc1)C(=O)O)C(C)C. The molecule has 9 N–H and O–H groups in total. The number of amides is 5. The number of aromatic amines is 1. The summed E-state index contributed by atoms with van der Waals surface area (Å²) in [5.74, 6) is -4.60. The van der Waals surface area contributed by atoms with Gasteiger partial charge in [0.15, 0.2) is 0 Å². The Balaban J connectivity index is 1.49. The lowest BCUT2D eigenvalue weighted by Gasteiger charge is -2.32. The van der Waals surface area contributed by atoms with Crippen LogP contribution in [-0.4, -0.2) is 104 Å². The summed E-state index contributed by atoms with van der Waals surface area (Å²) in [5, 5.41) is 31.2. The predicted octanol–water partition coefficient (Wildman–Crippen LogP) is 1.63. The molecule has 0 bridgehead atoms. The topological polar surface area (TPSA) is 236 Å². The zero-order chi connectivity index (χ0) is 40.4. The molecule has 1 aromatic heterocycles. The van der Waals surface area contributed by atoms with Crippen molar-refractivity contribution in [2.24, 2.45) is 17.6 Å². The van der Waals surface area contributed by atoms with Crippen LogP contribution in [0.25, 0.3) is 10.9 Å². The smallest absolute Gasteiger partial charge is 0.326 e. The highest BCUT2D eigenvalue weighted by Gasteiger charge is 2.40. The number of hydrogen-bond donors (Lipinski definition) is 9. The summed E-state index contributed by atoms with van der Waals surface area (Å²) in [6.45, 7) is 7.45. The number of aromatic hydroxyl groups is 1. The number of hydrogen-bond acceptors (Lipinski definition) is 9. The van der Waals surface area contributed by atoms with Gasteiger partial charge < -0.3 is 47.1 Å². The number of phenolic OH excluding ortho intramolecular Hbond substituents is 1. The second-order valence-electron chi connectivity index (χ2n) is 14.8. The number of likely N-dealkylation sites (tertiary alicyclic amines) is 1. The summed E-state index contributed by atoms with van der Waals surface area (Å²) < 4.78 is 0. The molecule has 15 nitrogen and oxygen atoms in total. The van der Waals surface area contributed by atoms with Gasteiger partial charge in [0.2, 0.25) is 29.5 Å². The average molecular weight is 780 g/mol. The molecule has 1 saturated heterocycles. The quantitative estimate of drug-likeness (QED) is 0.0853. The highest BCUT2D eigenvalue weighted by Crippen LogP contribution is 2.23. The highest BCUT2D eigenvalue weighted by molar-refractivity contribution is 7.80. The minimum atomic E-state index is -1.31. The van der Waals surface area contributed by atoms with E-state index in [2.05, 4.69) is 38.9 Å². The molecule has 2 aromatic carbocycles. The first-order valence-electron chi connectivity index (χ1n) is 18.5. The van der Waals surface area contributed by atoms with Gasteiger partial charge in [-0.15, -0.1) is 0 Å². The lowest BCUT2D eigenvalue weighted by Crippen LogP contribution is -2.60. The summed E-state index contributed by atoms with van der Waals surface area (Å²) >= 11 is 4.12.